The summed E-state index contributed by atoms with van der Waals surface area (Å²) in [4.78, 5) is 13.3. The van der Waals surface area contributed by atoms with E-state index in [2.05, 4.69) is 0 Å². The molecule has 2 aromatic heterocycles. The number of carbonyl (C=O) groups excluding carboxylic acids is 1. The maximum atomic E-state index is 14.1. The van der Waals surface area contributed by atoms with Crippen molar-refractivity contribution in [3.8, 4) is 11.5 Å². The first kappa shape index (κ1) is 28.7. The van der Waals surface area contributed by atoms with Crippen molar-refractivity contribution in [3.63, 3.8) is 0 Å². The van der Waals surface area contributed by atoms with Gasteiger partial charge in [0.2, 0.25) is 5.78 Å². The number of hydrogen-bond acceptors (Lipinski definition) is 7. The van der Waals surface area contributed by atoms with Crippen LogP contribution in [0.25, 0.3) is 5.52 Å². The Labute approximate surface area is 219 Å². The largest absolute Gasteiger partial charge is 0.493 e. The zero-order valence-corrected chi connectivity index (χ0v) is 24.0. The highest BCUT2D eigenvalue weighted by Gasteiger charge is 2.37. The molecule has 2 heterocycles. The molecule has 0 aliphatic carbocycles. The van der Waals surface area contributed by atoms with Crippen LogP contribution in [0, 0.1) is 0 Å². The summed E-state index contributed by atoms with van der Waals surface area (Å²) < 4.78 is 66.4. The van der Waals surface area contributed by atoms with E-state index in [1.165, 1.54) is 30.8 Å². The molecule has 1 aromatic carbocycles. The van der Waals surface area contributed by atoms with Gasteiger partial charge < -0.3 is 13.9 Å². The summed E-state index contributed by atoms with van der Waals surface area (Å²) in [6, 6.07) is 7.90. The molecule has 0 saturated carbocycles. The molecule has 0 aliphatic heterocycles. The number of nitrogens with zero attached hydrogens (tertiary/aromatic N) is 1. The Hall–Kier alpha value is -2.85. The Kier molecular flexibility index (Phi) is 8.14. The van der Waals surface area contributed by atoms with Gasteiger partial charge in [0.25, 0.3) is 0 Å². The summed E-state index contributed by atoms with van der Waals surface area (Å²) in [6.07, 6.45) is 2.23. The van der Waals surface area contributed by atoms with Crippen LogP contribution in [0.15, 0.2) is 46.3 Å². The lowest BCUT2D eigenvalue weighted by atomic mass is 9.88. The zero-order chi connectivity index (χ0) is 27.8. The zero-order valence-electron chi connectivity index (χ0n) is 22.4. The molecule has 0 N–H and O–H groups in total. The number of benzene rings is 1. The third-order valence-electron chi connectivity index (χ3n) is 6.14. The van der Waals surface area contributed by atoms with Gasteiger partial charge in [-0.05, 0) is 48.1 Å². The molecule has 0 spiro atoms. The number of sulfone groups is 2. The van der Waals surface area contributed by atoms with Crippen LogP contribution in [0.4, 0.5) is 0 Å². The first-order chi connectivity index (χ1) is 17.2. The van der Waals surface area contributed by atoms with E-state index in [9.17, 15) is 21.6 Å². The molecule has 0 saturated heterocycles. The van der Waals surface area contributed by atoms with Crippen LogP contribution in [-0.4, -0.2) is 52.7 Å². The highest BCUT2D eigenvalue weighted by Crippen LogP contribution is 2.38. The lowest BCUT2D eigenvalue weighted by molar-refractivity contribution is 0.102. The van der Waals surface area contributed by atoms with Crippen molar-refractivity contribution < 1.29 is 31.1 Å². The van der Waals surface area contributed by atoms with Crippen LogP contribution in [0.5, 0.6) is 11.5 Å². The van der Waals surface area contributed by atoms with Gasteiger partial charge in [0.05, 0.1) is 31.2 Å². The van der Waals surface area contributed by atoms with Crippen LogP contribution in [0.1, 0.15) is 69.1 Å². The van der Waals surface area contributed by atoms with Gasteiger partial charge in [-0.15, -0.1) is 0 Å². The van der Waals surface area contributed by atoms with Crippen molar-refractivity contribution in [2.75, 3.05) is 25.7 Å². The summed E-state index contributed by atoms with van der Waals surface area (Å²) >= 11 is 0. The first-order valence-electron chi connectivity index (χ1n) is 12.1. The van der Waals surface area contributed by atoms with E-state index in [1.807, 2.05) is 20.8 Å². The van der Waals surface area contributed by atoms with E-state index in [0.717, 1.165) is 5.56 Å². The molecule has 202 valence electrons. The normalized spacial score (nSPS) is 12.6. The van der Waals surface area contributed by atoms with Gasteiger partial charge in [-0.2, -0.15) is 0 Å². The number of aromatic nitrogens is 1. The lowest BCUT2D eigenvalue weighted by Crippen LogP contribution is -2.17. The third-order valence-corrected chi connectivity index (χ3v) is 10.2. The van der Waals surface area contributed by atoms with Crippen molar-refractivity contribution in [1.29, 1.82) is 0 Å². The third kappa shape index (κ3) is 5.40. The average molecular weight is 550 g/mol. The Bertz CT molecular complexity index is 1540. The van der Waals surface area contributed by atoms with Crippen LogP contribution >= 0.6 is 0 Å². The summed E-state index contributed by atoms with van der Waals surface area (Å²) in [5.41, 5.74) is 0.588. The second kappa shape index (κ2) is 10.5. The molecule has 3 aromatic rings. The SMILES string of the molecule is CCCS(=O)(=O)c1c(S(=O)(=O)CCC)c2ccc(C(C)(C)C)cn2c1C(=O)c1ccc(OC)c(OC)c1. The fourth-order valence-electron chi connectivity index (χ4n) is 4.31. The van der Waals surface area contributed by atoms with E-state index < -0.39 is 30.4 Å². The number of pyridine rings is 1. The molecule has 0 atom stereocenters. The van der Waals surface area contributed by atoms with Crippen molar-refractivity contribution >= 4 is 31.0 Å². The van der Waals surface area contributed by atoms with Crippen LogP contribution in [0.2, 0.25) is 0 Å². The van der Waals surface area contributed by atoms with E-state index >= 15 is 0 Å². The van der Waals surface area contributed by atoms with Crippen LogP contribution < -0.4 is 9.47 Å². The minimum atomic E-state index is -4.14. The molecule has 0 aliphatic rings. The molecule has 37 heavy (non-hydrogen) atoms. The van der Waals surface area contributed by atoms with Gasteiger partial charge in [-0.25, -0.2) is 16.8 Å². The number of ketones is 1. The van der Waals surface area contributed by atoms with Gasteiger partial charge in [0.1, 0.15) is 15.5 Å². The van der Waals surface area contributed by atoms with Crippen molar-refractivity contribution in [2.45, 2.75) is 62.7 Å². The number of carbonyl (C=O) groups is 1. The second-order valence-electron chi connectivity index (χ2n) is 9.97. The minimum absolute atomic E-state index is 0.144. The number of ether oxygens (including phenoxy) is 2. The Morgan fingerprint density at radius 2 is 1.41 bits per heavy atom. The number of hydrogen-bond donors (Lipinski definition) is 0. The Balaban J connectivity index is 2.55. The number of methoxy groups -OCH3 is 2. The fourth-order valence-corrected chi connectivity index (χ4v) is 8.29. The Morgan fingerprint density at radius 3 is 1.92 bits per heavy atom. The molecule has 0 radical (unpaired) electrons. The monoisotopic (exact) mass is 549 g/mol. The number of rotatable bonds is 10. The van der Waals surface area contributed by atoms with Gasteiger partial charge >= 0.3 is 0 Å². The van der Waals surface area contributed by atoms with Crippen molar-refractivity contribution in [3.05, 3.63) is 53.3 Å². The summed E-state index contributed by atoms with van der Waals surface area (Å²) in [6.45, 7) is 9.36. The average Bonchev–Trinajstić information content (AvgIpc) is 3.19. The molecule has 0 amide bonds. The van der Waals surface area contributed by atoms with Crippen LogP contribution in [-0.2, 0) is 25.1 Å². The summed E-state index contributed by atoms with van der Waals surface area (Å²) in [5, 5.41) is 0. The molecular weight excluding hydrogens is 514 g/mol. The van der Waals surface area contributed by atoms with E-state index in [1.54, 1.807) is 38.2 Å². The summed E-state index contributed by atoms with van der Waals surface area (Å²) in [7, 11) is -5.28. The molecule has 3 rings (SSSR count). The molecule has 8 nitrogen and oxygen atoms in total. The summed E-state index contributed by atoms with van der Waals surface area (Å²) in [5.74, 6) is -0.474. The molecule has 10 heteroatoms. The fraction of sp³-hybridized carbons (Fsp3) is 0.444. The smallest absolute Gasteiger partial charge is 0.211 e. The van der Waals surface area contributed by atoms with E-state index in [4.69, 9.17) is 9.47 Å². The van der Waals surface area contributed by atoms with E-state index in [-0.39, 0.29) is 45.0 Å². The van der Waals surface area contributed by atoms with Crippen LogP contribution in [0.3, 0.4) is 0 Å². The quantitative estimate of drug-likeness (QED) is 0.333. The van der Waals surface area contributed by atoms with E-state index in [0.29, 0.717) is 17.9 Å². The second-order valence-corrected chi connectivity index (χ2v) is 14.1. The lowest BCUT2D eigenvalue weighted by Gasteiger charge is -2.19. The van der Waals surface area contributed by atoms with Gasteiger partial charge in [0.15, 0.2) is 31.2 Å². The van der Waals surface area contributed by atoms with Gasteiger partial charge in [-0.1, -0.05) is 40.7 Å². The topological polar surface area (TPSA) is 108 Å². The predicted molar refractivity (Wildman–Crippen MR) is 144 cm³/mol. The molecule has 0 unspecified atom stereocenters. The van der Waals surface area contributed by atoms with Gasteiger partial charge in [-0.3, -0.25) is 4.79 Å². The van der Waals surface area contributed by atoms with Crippen molar-refractivity contribution in [1.82, 2.24) is 4.40 Å². The molecule has 0 fully saturated rings. The molecular formula is C27H35NO7S2. The predicted octanol–water partition coefficient (Wildman–Crippen LogP) is 4.85. The maximum absolute atomic E-state index is 14.1. The number of fused-ring (bicyclic) bond motifs is 1. The van der Waals surface area contributed by atoms with Gasteiger partial charge in [0, 0.05) is 11.8 Å². The highest BCUT2D eigenvalue weighted by molar-refractivity contribution is 7.94. The minimum Gasteiger partial charge on any atom is -0.493 e. The maximum Gasteiger partial charge on any atom is 0.211 e. The Morgan fingerprint density at radius 1 is 0.838 bits per heavy atom. The highest BCUT2D eigenvalue weighted by atomic mass is 32.2. The first-order valence-corrected chi connectivity index (χ1v) is 15.4. The molecule has 0 bridgehead atoms. The standard InChI is InChI=1S/C27H35NO7S2/c1-8-14-36(30,31)25-20-12-11-19(27(3,4)5)17-28(20)23(26(25)37(32,33)15-9-2)24(29)18-10-13-21(34-6)22(16-18)35-7/h10-13,16-17H,8-9,14-15H2,1-7H3. The van der Waals surface area contributed by atoms with Crippen molar-refractivity contribution in [2.24, 2.45) is 0 Å².